The minimum atomic E-state index is -1.30. The van der Waals surface area contributed by atoms with Gasteiger partial charge in [0, 0.05) is 5.56 Å². The van der Waals surface area contributed by atoms with Gasteiger partial charge in [0.25, 0.3) is 5.56 Å². The lowest BCUT2D eigenvalue weighted by Crippen LogP contribution is -2.12. The molecule has 1 aromatic heterocycles. The third-order valence-corrected chi connectivity index (χ3v) is 2.66. The number of aromatic amines is 2. The molecule has 0 fully saturated rings. The van der Waals surface area contributed by atoms with E-state index in [1.165, 1.54) is 14.2 Å². The molecule has 0 saturated heterocycles. The highest BCUT2D eigenvalue weighted by Crippen LogP contribution is 2.32. The summed E-state index contributed by atoms with van der Waals surface area (Å²) in [7, 11) is 2.97. The first kappa shape index (κ1) is 12.7. The fourth-order valence-corrected chi connectivity index (χ4v) is 1.77. The number of benzene rings is 1. The molecule has 0 bridgehead atoms. The third kappa shape index (κ3) is 2.17. The van der Waals surface area contributed by atoms with Crippen LogP contribution in [0, 0.1) is 0 Å². The van der Waals surface area contributed by atoms with Crippen LogP contribution in [0.2, 0.25) is 0 Å². The van der Waals surface area contributed by atoms with E-state index in [0.29, 0.717) is 17.1 Å². The maximum Gasteiger partial charge on any atom is 0.343 e. The Bertz CT molecular complexity index is 671. The highest BCUT2D eigenvalue weighted by atomic mass is 16.5. The molecule has 1 heterocycles. The zero-order valence-corrected chi connectivity index (χ0v) is 10.3. The summed E-state index contributed by atoms with van der Waals surface area (Å²) in [6, 6.07) is 4.85. The van der Waals surface area contributed by atoms with Crippen molar-refractivity contribution in [3.8, 4) is 22.8 Å². The van der Waals surface area contributed by atoms with Gasteiger partial charge in [-0.25, -0.2) is 4.79 Å². The van der Waals surface area contributed by atoms with Crippen LogP contribution < -0.4 is 15.0 Å². The van der Waals surface area contributed by atoms with Crippen molar-refractivity contribution in [2.24, 2.45) is 0 Å². The minimum absolute atomic E-state index is 0.193. The molecule has 19 heavy (non-hydrogen) atoms. The average molecular weight is 264 g/mol. The lowest BCUT2D eigenvalue weighted by Gasteiger charge is -2.09. The van der Waals surface area contributed by atoms with Gasteiger partial charge >= 0.3 is 5.97 Å². The zero-order valence-electron chi connectivity index (χ0n) is 10.3. The molecule has 0 aliphatic rings. The lowest BCUT2D eigenvalue weighted by molar-refractivity contribution is 0.0696. The quantitative estimate of drug-likeness (QED) is 0.766. The first-order valence-electron chi connectivity index (χ1n) is 5.34. The van der Waals surface area contributed by atoms with Gasteiger partial charge in [-0.05, 0) is 18.2 Å². The lowest BCUT2D eigenvalue weighted by atomic mass is 10.1. The van der Waals surface area contributed by atoms with Gasteiger partial charge in [-0.1, -0.05) is 0 Å². The van der Waals surface area contributed by atoms with Crippen molar-refractivity contribution in [2.75, 3.05) is 14.2 Å². The van der Waals surface area contributed by atoms with Crippen molar-refractivity contribution < 1.29 is 19.4 Å². The Morgan fingerprint density at radius 3 is 2.42 bits per heavy atom. The summed E-state index contributed by atoms with van der Waals surface area (Å²) in [5.41, 5.74) is -0.323. The molecule has 100 valence electrons. The number of rotatable bonds is 4. The molecule has 0 amide bonds. The number of carboxylic acid groups (broad SMARTS) is 1. The van der Waals surface area contributed by atoms with Gasteiger partial charge in [0.05, 0.1) is 19.9 Å². The van der Waals surface area contributed by atoms with Crippen molar-refractivity contribution in [2.45, 2.75) is 0 Å². The van der Waals surface area contributed by atoms with E-state index < -0.39 is 11.5 Å². The number of aromatic carboxylic acids is 1. The van der Waals surface area contributed by atoms with E-state index in [2.05, 4.69) is 10.2 Å². The normalized spacial score (nSPS) is 10.2. The number of carbonyl (C=O) groups is 1. The second kappa shape index (κ2) is 4.89. The monoisotopic (exact) mass is 264 g/mol. The number of nitrogens with one attached hydrogen (secondary N) is 2. The molecule has 0 atom stereocenters. The van der Waals surface area contributed by atoms with Crippen molar-refractivity contribution >= 4 is 5.97 Å². The van der Waals surface area contributed by atoms with Crippen LogP contribution in [-0.4, -0.2) is 35.5 Å². The Balaban J connectivity index is 2.60. The van der Waals surface area contributed by atoms with E-state index >= 15 is 0 Å². The molecular formula is C12H12N2O5. The number of methoxy groups -OCH3 is 2. The van der Waals surface area contributed by atoms with Gasteiger partial charge in [0.2, 0.25) is 0 Å². The Morgan fingerprint density at radius 2 is 1.84 bits per heavy atom. The van der Waals surface area contributed by atoms with Crippen LogP contribution >= 0.6 is 0 Å². The topological polar surface area (TPSA) is 104 Å². The number of hydrogen-bond donors (Lipinski definition) is 3. The molecule has 0 spiro atoms. The zero-order chi connectivity index (χ0) is 14.0. The summed E-state index contributed by atoms with van der Waals surface area (Å²) in [6.45, 7) is 0. The molecule has 2 aromatic rings. The second-order valence-corrected chi connectivity index (χ2v) is 3.70. The van der Waals surface area contributed by atoms with Crippen LogP contribution in [0.15, 0.2) is 23.0 Å². The molecule has 7 heteroatoms. The summed E-state index contributed by atoms with van der Waals surface area (Å²) >= 11 is 0. The van der Waals surface area contributed by atoms with Gasteiger partial charge in [0.15, 0.2) is 17.1 Å². The van der Waals surface area contributed by atoms with Crippen molar-refractivity contribution in [1.29, 1.82) is 0 Å². The minimum Gasteiger partial charge on any atom is -0.493 e. The molecule has 1 aromatic carbocycles. The SMILES string of the molecule is COc1ccc(-c2[nH][nH]c(=O)c2C(=O)O)cc1OC. The number of H-pyrrole nitrogens is 2. The molecule has 0 unspecified atom stereocenters. The van der Waals surface area contributed by atoms with Gasteiger partial charge < -0.3 is 14.6 Å². The fourth-order valence-electron chi connectivity index (χ4n) is 1.77. The van der Waals surface area contributed by atoms with E-state index in [-0.39, 0.29) is 11.3 Å². The molecule has 0 aliphatic heterocycles. The number of hydrogen-bond acceptors (Lipinski definition) is 4. The van der Waals surface area contributed by atoms with E-state index in [0.717, 1.165) is 0 Å². The largest absolute Gasteiger partial charge is 0.493 e. The summed E-state index contributed by atoms with van der Waals surface area (Å²) in [6.07, 6.45) is 0. The molecule has 0 radical (unpaired) electrons. The summed E-state index contributed by atoms with van der Waals surface area (Å²) in [5.74, 6) is -0.341. The maximum atomic E-state index is 11.4. The van der Waals surface area contributed by atoms with E-state index in [1.807, 2.05) is 0 Å². The van der Waals surface area contributed by atoms with E-state index in [4.69, 9.17) is 14.6 Å². The van der Waals surface area contributed by atoms with E-state index in [1.54, 1.807) is 18.2 Å². The molecule has 3 N–H and O–H groups in total. The Kier molecular flexibility index (Phi) is 3.28. The van der Waals surface area contributed by atoms with Crippen molar-refractivity contribution in [3.63, 3.8) is 0 Å². The maximum absolute atomic E-state index is 11.4. The van der Waals surface area contributed by atoms with E-state index in [9.17, 15) is 9.59 Å². The van der Waals surface area contributed by atoms with Crippen molar-refractivity contribution in [1.82, 2.24) is 10.2 Å². The first-order valence-corrected chi connectivity index (χ1v) is 5.34. The Hall–Kier alpha value is -2.70. The fraction of sp³-hybridized carbons (Fsp3) is 0.167. The molecule has 0 saturated carbocycles. The Morgan fingerprint density at radius 1 is 1.16 bits per heavy atom. The van der Waals surface area contributed by atoms with Crippen LogP contribution in [0.4, 0.5) is 0 Å². The van der Waals surface area contributed by atoms with Crippen LogP contribution in [0.3, 0.4) is 0 Å². The van der Waals surface area contributed by atoms with Crippen LogP contribution in [-0.2, 0) is 0 Å². The predicted molar refractivity (Wildman–Crippen MR) is 66.9 cm³/mol. The molecule has 2 rings (SSSR count). The number of ether oxygens (including phenoxy) is 2. The van der Waals surface area contributed by atoms with Crippen molar-refractivity contribution in [3.05, 3.63) is 34.1 Å². The van der Waals surface area contributed by atoms with Crippen LogP contribution in [0.5, 0.6) is 11.5 Å². The van der Waals surface area contributed by atoms with Crippen LogP contribution in [0.25, 0.3) is 11.3 Å². The summed E-state index contributed by atoms with van der Waals surface area (Å²) < 4.78 is 10.2. The standard InChI is InChI=1S/C12H12N2O5/c1-18-7-4-3-6(5-8(7)19-2)10-9(12(16)17)11(15)14-13-10/h3-5H,1-2H3,(H,16,17)(H2,13,14,15). The third-order valence-electron chi connectivity index (χ3n) is 2.66. The second-order valence-electron chi connectivity index (χ2n) is 3.70. The highest BCUT2D eigenvalue weighted by molar-refractivity contribution is 5.94. The average Bonchev–Trinajstić information content (AvgIpc) is 2.79. The summed E-state index contributed by atoms with van der Waals surface area (Å²) in [4.78, 5) is 22.5. The highest BCUT2D eigenvalue weighted by Gasteiger charge is 2.19. The van der Waals surface area contributed by atoms with Gasteiger partial charge in [-0.15, -0.1) is 0 Å². The molecule has 0 aliphatic carbocycles. The summed E-state index contributed by atoms with van der Waals surface area (Å²) in [5, 5.41) is 13.8. The van der Waals surface area contributed by atoms with Gasteiger partial charge in [0.1, 0.15) is 0 Å². The van der Waals surface area contributed by atoms with Crippen LogP contribution in [0.1, 0.15) is 10.4 Å². The first-order chi connectivity index (χ1) is 9.08. The molecular weight excluding hydrogens is 252 g/mol. The predicted octanol–water partition coefficient (Wildman–Crippen LogP) is 1.09. The number of carboxylic acids is 1. The number of aromatic nitrogens is 2. The smallest absolute Gasteiger partial charge is 0.343 e. The molecule has 7 nitrogen and oxygen atoms in total. The van der Waals surface area contributed by atoms with Gasteiger partial charge in [-0.2, -0.15) is 0 Å². The van der Waals surface area contributed by atoms with Gasteiger partial charge in [-0.3, -0.25) is 15.0 Å². The Labute approximate surface area is 107 Å².